The number of ether oxygens (including phenoxy) is 1. The highest BCUT2D eigenvalue weighted by atomic mass is 16.5. The fourth-order valence-corrected chi connectivity index (χ4v) is 5.81. The Kier molecular flexibility index (Phi) is 3.17. The summed E-state index contributed by atoms with van der Waals surface area (Å²) in [5.41, 5.74) is 5.50. The molecule has 1 aromatic heterocycles. The molecule has 0 amide bonds. The van der Waals surface area contributed by atoms with Crippen LogP contribution in [0.4, 0.5) is 0 Å². The Bertz CT molecular complexity index is 910. The maximum Gasteiger partial charge on any atom is 0.143 e. The van der Waals surface area contributed by atoms with Crippen molar-refractivity contribution in [2.75, 3.05) is 13.7 Å². The van der Waals surface area contributed by atoms with Crippen molar-refractivity contribution in [2.24, 2.45) is 18.9 Å². The van der Waals surface area contributed by atoms with Gasteiger partial charge in [0.05, 0.1) is 18.7 Å². The molecule has 130 valence electrons. The molecule has 4 aliphatic rings. The topological polar surface area (TPSA) is 34.5 Å². The molecule has 4 bridgehead atoms. The van der Waals surface area contributed by atoms with E-state index in [1.54, 1.807) is 7.11 Å². The molecule has 6 rings (SSSR count). The van der Waals surface area contributed by atoms with Crippen LogP contribution in [0.5, 0.6) is 5.75 Å². The van der Waals surface area contributed by atoms with Crippen LogP contribution in [0.15, 0.2) is 29.8 Å². The first kappa shape index (κ1) is 15.2. The first-order valence-corrected chi connectivity index (χ1v) is 9.19. The molecule has 25 heavy (non-hydrogen) atoms. The Morgan fingerprint density at radius 2 is 2.16 bits per heavy atom. The Morgan fingerprint density at radius 1 is 1.32 bits per heavy atom. The van der Waals surface area contributed by atoms with E-state index in [1.807, 2.05) is 6.07 Å². The number of nitrogens with zero attached hydrogens (tertiary/aromatic N) is 2. The first-order chi connectivity index (χ1) is 12.2. The summed E-state index contributed by atoms with van der Waals surface area (Å²) in [6.07, 6.45) is 5.47. The van der Waals surface area contributed by atoms with Gasteiger partial charge in [0.1, 0.15) is 12.0 Å². The molecule has 4 heteroatoms. The molecular formula is C21H24N2O2. The van der Waals surface area contributed by atoms with E-state index in [0.717, 1.165) is 25.1 Å². The predicted octanol–water partition coefficient (Wildman–Crippen LogP) is 3.25. The van der Waals surface area contributed by atoms with Crippen LogP contribution in [0, 0.1) is 11.8 Å². The average molecular weight is 336 g/mol. The van der Waals surface area contributed by atoms with Crippen molar-refractivity contribution in [3.8, 4) is 5.75 Å². The summed E-state index contributed by atoms with van der Waals surface area (Å²) in [6, 6.07) is 7.08. The van der Waals surface area contributed by atoms with Gasteiger partial charge in [-0.2, -0.15) is 0 Å². The Hall–Kier alpha value is -2.07. The molecule has 0 radical (unpaired) electrons. The molecule has 3 saturated heterocycles. The number of aryl methyl sites for hydroxylation is 1. The second-order valence-corrected chi connectivity index (χ2v) is 7.66. The lowest BCUT2D eigenvalue weighted by molar-refractivity contribution is -0.121. The molecule has 0 saturated carbocycles. The Balaban J connectivity index is 1.74. The van der Waals surface area contributed by atoms with Crippen molar-refractivity contribution in [2.45, 2.75) is 31.8 Å². The molecule has 4 aliphatic heterocycles. The molecule has 4 nitrogen and oxygen atoms in total. The SMILES string of the molecule is CC=C1CN2C3CC1C(C=O)C2Cc1c3n(C)c2c(OC)cccc12. The Morgan fingerprint density at radius 3 is 2.88 bits per heavy atom. The number of carbonyl (C=O) groups is 1. The fourth-order valence-electron chi connectivity index (χ4n) is 5.81. The second kappa shape index (κ2) is 5.21. The highest BCUT2D eigenvalue weighted by Crippen LogP contribution is 2.54. The zero-order valence-electron chi connectivity index (χ0n) is 15.0. The van der Waals surface area contributed by atoms with Crippen molar-refractivity contribution in [3.05, 3.63) is 41.1 Å². The van der Waals surface area contributed by atoms with Gasteiger partial charge >= 0.3 is 0 Å². The van der Waals surface area contributed by atoms with Crippen LogP contribution in [0.25, 0.3) is 10.9 Å². The summed E-state index contributed by atoms with van der Waals surface area (Å²) >= 11 is 0. The summed E-state index contributed by atoms with van der Waals surface area (Å²) in [6.45, 7) is 3.13. The maximum absolute atomic E-state index is 11.9. The van der Waals surface area contributed by atoms with Crippen LogP contribution in [0.2, 0.25) is 0 Å². The summed E-state index contributed by atoms with van der Waals surface area (Å²) in [4.78, 5) is 14.5. The summed E-state index contributed by atoms with van der Waals surface area (Å²) < 4.78 is 7.98. The number of carbonyl (C=O) groups excluding carboxylic acids is 1. The third-order valence-corrected chi connectivity index (χ3v) is 6.86. The molecule has 0 N–H and O–H groups in total. The minimum absolute atomic E-state index is 0.130. The van der Waals surface area contributed by atoms with Gasteiger partial charge in [-0.05, 0) is 37.3 Å². The number of benzene rings is 1. The lowest BCUT2D eigenvalue weighted by Crippen LogP contribution is -2.60. The summed E-state index contributed by atoms with van der Waals surface area (Å²) in [5, 5.41) is 1.29. The number of para-hydroxylation sites is 1. The molecule has 3 fully saturated rings. The van der Waals surface area contributed by atoms with E-state index in [0.29, 0.717) is 18.0 Å². The number of rotatable bonds is 2. The van der Waals surface area contributed by atoms with Gasteiger partial charge in [0.15, 0.2) is 0 Å². The van der Waals surface area contributed by atoms with E-state index >= 15 is 0 Å². The number of allylic oxidation sites excluding steroid dienone is 1. The number of hydrogen-bond acceptors (Lipinski definition) is 3. The zero-order chi connectivity index (χ0) is 17.3. The van der Waals surface area contributed by atoms with Gasteiger partial charge in [-0.25, -0.2) is 0 Å². The Labute approximate surface area is 148 Å². The standard InChI is InChI=1S/C21H24N2O2/c1-4-12-10-23-17-9-15-13-6-5-7-19(25-3)21(13)22(2)20(15)18(23)8-14(12)16(17)11-24/h4-7,11,14,16-18H,8-10H2,1-3H3. The zero-order valence-corrected chi connectivity index (χ0v) is 15.0. The maximum atomic E-state index is 11.9. The molecule has 0 aliphatic carbocycles. The largest absolute Gasteiger partial charge is 0.495 e. The molecule has 5 heterocycles. The average Bonchev–Trinajstić information content (AvgIpc) is 2.94. The van der Waals surface area contributed by atoms with Crippen molar-refractivity contribution < 1.29 is 9.53 Å². The minimum Gasteiger partial charge on any atom is -0.495 e. The summed E-state index contributed by atoms with van der Waals surface area (Å²) in [5.74, 6) is 1.48. The van der Waals surface area contributed by atoms with Gasteiger partial charge in [-0.3, -0.25) is 4.90 Å². The van der Waals surface area contributed by atoms with E-state index in [2.05, 4.69) is 41.6 Å². The molecule has 5 unspecified atom stereocenters. The van der Waals surface area contributed by atoms with Gasteiger partial charge in [-0.1, -0.05) is 23.8 Å². The molecule has 1 aromatic carbocycles. The van der Waals surface area contributed by atoms with Crippen LogP contribution >= 0.6 is 0 Å². The lowest BCUT2D eigenvalue weighted by atomic mass is 9.64. The van der Waals surface area contributed by atoms with Gasteiger partial charge in [0, 0.05) is 36.6 Å². The van der Waals surface area contributed by atoms with E-state index in [-0.39, 0.29) is 5.92 Å². The smallest absolute Gasteiger partial charge is 0.143 e. The van der Waals surface area contributed by atoms with Gasteiger partial charge in [-0.15, -0.1) is 0 Å². The van der Waals surface area contributed by atoms with E-state index in [1.165, 1.54) is 34.0 Å². The van der Waals surface area contributed by atoms with Gasteiger partial charge in [0.25, 0.3) is 0 Å². The van der Waals surface area contributed by atoms with E-state index in [4.69, 9.17) is 4.74 Å². The van der Waals surface area contributed by atoms with Gasteiger partial charge < -0.3 is 14.1 Å². The first-order valence-electron chi connectivity index (χ1n) is 9.19. The van der Waals surface area contributed by atoms with Gasteiger partial charge in [0.2, 0.25) is 0 Å². The van der Waals surface area contributed by atoms with Crippen molar-refractivity contribution in [1.82, 2.24) is 9.47 Å². The van der Waals surface area contributed by atoms with Crippen molar-refractivity contribution in [1.29, 1.82) is 0 Å². The second-order valence-electron chi connectivity index (χ2n) is 7.66. The lowest BCUT2D eigenvalue weighted by Gasteiger charge is -2.57. The van der Waals surface area contributed by atoms with E-state index < -0.39 is 0 Å². The molecule has 2 aromatic rings. The third-order valence-electron chi connectivity index (χ3n) is 6.86. The monoisotopic (exact) mass is 336 g/mol. The number of piperidine rings is 3. The number of methoxy groups -OCH3 is 1. The number of hydrogen-bond donors (Lipinski definition) is 0. The van der Waals surface area contributed by atoms with Crippen LogP contribution in [0.3, 0.4) is 0 Å². The number of aromatic nitrogens is 1. The number of aldehydes is 1. The van der Waals surface area contributed by atoms with Crippen molar-refractivity contribution >= 4 is 17.2 Å². The van der Waals surface area contributed by atoms with Crippen LogP contribution in [-0.4, -0.2) is 35.4 Å². The predicted molar refractivity (Wildman–Crippen MR) is 97.8 cm³/mol. The highest BCUT2D eigenvalue weighted by Gasteiger charge is 2.53. The minimum atomic E-state index is 0.130. The van der Waals surface area contributed by atoms with E-state index in [9.17, 15) is 4.79 Å². The third kappa shape index (κ3) is 1.78. The van der Waals surface area contributed by atoms with Crippen LogP contribution < -0.4 is 4.74 Å². The molecular weight excluding hydrogens is 312 g/mol. The fraction of sp³-hybridized carbons (Fsp3) is 0.476. The van der Waals surface area contributed by atoms with Crippen LogP contribution in [0.1, 0.15) is 30.6 Å². The van der Waals surface area contributed by atoms with Crippen molar-refractivity contribution in [3.63, 3.8) is 0 Å². The quantitative estimate of drug-likeness (QED) is 0.624. The normalized spacial score (nSPS) is 34.4. The molecule has 5 atom stereocenters. The highest BCUT2D eigenvalue weighted by molar-refractivity contribution is 5.91. The molecule has 0 spiro atoms. The summed E-state index contributed by atoms with van der Waals surface area (Å²) in [7, 11) is 3.91. The van der Waals surface area contributed by atoms with Crippen LogP contribution in [-0.2, 0) is 18.3 Å². The number of fused-ring (bicyclic) bond motifs is 4.